The van der Waals surface area contributed by atoms with Crippen LogP contribution in [0.5, 0.6) is 0 Å². The Morgan fingerprint density at radius 3 is 3.05 bits per heavy atom. The number of anilines is 1. The van der Waals surface area contributed by atoms with E-state index in [0.29, 0.717) is 11.5 Å². The molecule has 1 N–H and O–H groups in total. The Hall–Kier alpha value is -2.12. The summed E-state index contributed by atoms with van der Waals surface area (Å²) in [5.74, 6) is 1.28. The van der Waals surface area contributed by atoms with Gasteiger partial charge in [-0.05, 0) is 30.9 Å². The Bertz CT molecular complexity index is 662. The quantitative estimate of drug-likeness (QED) is 0.927. The molecular weight excluding hydrogens is 250 g/mol. The topological polar surface area (TPSA) is 60.2 Å². The predicted octanol–water partition coefficient (Wildman–Crippen LogP) is 2.32. The Balaban J connectivity index is 1.97. The van der Waals surface area contributed by atoms with E-state index in [1.807, 2.05) is 30.3 Å². The molecule has 0 bridgehead atoms. The number of pyridine rings is 1. The lowest BCUT2D eigenvalue weighted by Gasteiger charge is -2.19. The first-order valence-electron chi connectivity index (χ1n) is 6.97. The van der Waals surface area contributed by atoms with Crippen molar-refractivity contribution in [2.45, 2.75) is 12.8 Å². The van der Waals surface area contributed by atoms with Gasteiger partial charge in [-0.3, -0.25) is 0 Å². The summed E-state index contributed by atoms with van der Waals surface area (Å²) < 4.78 is 0. The van der Waals surface area contributed by atoms with Crippen molar-refractivity contribution in [2.75, 3.05) is 24.6 Å². The molecule has 0 aliphatic carbocycles. The molecular formula is C16H17N3O. The minimum Gasteiger partial charge on any atom is -0.396 e. The fraction of sp³-hybridized carbons (Fsp3) is 0.375. The zero-order valence-corrected chi connectivity index (χ0v) is 11.3. The summed E-state index contributed by atoms with van der Waals surface area (Å²) in [6.45, 7) is 2.01. The minimum absolute atomic E-state index is 0.231. The Labute approximate surface area is 118 Å². The highest BCUT2D eigenvalue weighted by Gasteiger charge is 2.25. The van der Waals surface area contributed by atoms with Gasteiger partial charge in [-0.25, -0.2) is 4.98 Å². The van der Waals surface area contributed by atoms with E-state index in [1.165, 1.54) is 0 Å². The van der Waals surface area contributed by atoms with Crippen LogP contribution in [-0.4, -0.2) is 29.8 Å². The van der Waals surface area contributed by atoms with Crippen molar-refractivity contribution in [1.82, 2.24) is 4.98 Å². The van der Waals surface area contributed by atoms with Gasteiger partial charge in [0, 0.05) is 25.1 Å². The molecule has 1 fully saturated rings. The molecule has 1 saturated heterocycles. The monoisotopic (exact) mass is 267 g/mol. The second-order valence-electron chi connectivity index (χ2n) is 5.28. The van der Waals surface area contributed by atoms with Crippen molar-refractivity contribution in [3.05, 3.63) is 35.9 Å². The number of fused-ring (bicyclic) bond motifs is 1. The molecule has 0 radical (unpaired) electrons. The number of rotatable bonds is 3. The summed E-state index contributed by atoms with van der Waals surface area (Å²) in [5, 5.41) is 19.4. The lowest BCUT2D eigenvalue weighted by Crippen LogP contribution is -2.22. The highest BCUT2D eigenvalue weighted by Crippen LogP contribution is 2.28. The van der Waals surface area contributed by atoms with E-state index in [1.54, 1.807) is 0 Å². The lowest BCUT2D eigenvalue weighted by molar-refractivity contribution is 0.263. The Morgan fingerprint density at radius 1 is 1.40 bits per heavy atom. The molecule has 4 nitrogen and oxygen atoms in total. The van der Waals surface area contributed by atoms with Crippen LogP contribution in [0.4, 0.5) is 5.82 Å². The van der Waals surface area contributed by atoms with Crippen LogP contribution in [0.1, 0.15) is 18.4 Å². The molecule has 0 amide bonds. The highest BCUT2D eigenvalue weighted by atomic mass is 16.3. The Morgan fingerprint density at radius 2 is 2.25 bits per heavy atom. The first kappa shape index (κ1) is 12.9. The van der Waals surface area contributed by atoms with Gasteiger partial charge in [0.15, 0.2) is 0 Å². The summed E-state index contributed by atoms with van der Waals surface area (Å²) >= 11 is 0. The molecule has 2 heterocycles. The van der Waals surface area contributed by atoms with Crippen LogP contribution >= 0.6 is 0 Å². The van der Waals surface area contributed by atoms with Crippen molar-refractivity contribution in [1.29, 1.82) is 5.26 Å². The van der Waals surface area contributed by atoms with E-state index >= 15 is 0 Å². The summed E-state index contributed by atoms with van der Waals surface area (Å²) in [6, 6.07) is 12.0. The van der Waals surface area contributed by atoms with E-state index in [9.17, 15) is 5.26 Å². The number of nitrogens with zero attached hydrogens (tertiary/aromatic N) is 3. The van der Waals surface area contributed by atoms with Gasteiger partial charge in [-0.15, -0.1) is 0 Å². The number of aromatic nitrogens is 1. The van der Waals surface area contributed by atoms with Gasteiger partial charge < -0.3 is 10.0 Å². The second kappa shape index (κ2) is 5.48. The fourth-order valence-corrected chi connectivity index (χ4v) is 2.87. The molecule has 1 aromatic heterocycles. The molecule has 1 aromatic carbocycles. The molecule has 4 heteroatoms. The van der Waals surface area contributed by atoms with Gasteiger partial charge in [0.1, 0.15) is 11.9 Å². The second-order valence-corrected chi connectivity index (χ2v) is 5.28. The van der Waals surface area contributed by atoms with Crippen molar-refractivity contribution < 1.29 is 5.11 Å². The minimum atomic E-state index is 0.231. The highest BCUT2D eigenvalue weighted by molar-refractivity contribution is 5.83. The van der Waals surface area contributed by atoms with Crippen molar-refractivity contribution >= 4 is 16.7 Å². The summed E-state index contributed by atoms with van der Waals surface area (Å²) in [6.07, 6.45) is 1.88. The number of para-hydroxylation sites is 1. The van der Waals surface area contributed by atoms with Crippen LogP contribution in [0.25, 0.3) is 10.9 Å². The lowest BCUT2D eigenvalue weighted by atomic mass is 10.1. The number of benzene rings is 1. The first-order chi connectivity index (χ1) is 9.81. The first-order valence-corrected chi connectivity index (χ1v) is 6.97. The molecule has 0 saturated carbocycles. The third-order valence-electron chi connectivity index (χ3n) is 3.95. The number of hydrogen-bond donors (Lipinski definition) is 1. The van der Waals surface area contributed by atoms with Crippen LogP contribution in [0.15, 0.2) is 30.3 Å². The van der Waals surface area contributed by atoms with E-state index < -0.39 is 0 Å². The van der Waals surface area contributed by atoms with Gasteiger partial charge in [-0.1, -0.05) is 18.2 Å². The molecule has 20 heavy (non-hydrogen) atoms. The van der Waals surface area contributed by atoms with Gasteiger partial charge in [0.05, 0.1) is 11.1 Å². The van der Waals surface area contributed by atoms with Gasteiger partial charge in [0.2, 0.25) is 0 Å². The standard InChI is InChI=1S/C16H17N3O/c17-10-14-9-13-3-1-2-4-15(13)18-16(14)19-7-5-12(11-19)6-8-20/h1-4,9,12,20H,5-8,11H2. The number of aliphatic hydroxyl groups is 1. The number of hydrogen-bond acceptors (Lipinski definition) is 4. The summed E-state index contributed by atoms with van der Waals surface area (Å²) in [7, 11) is 0. The van der Waals surface area contributed by atoms with E-state index in [0.717, 1.165) is 42.7 Å². The predicted molar refractivity (Wildman–Crippen MR) is 78.5 cm³/mol. The maximum Gasteiger partial charge on any atom is 0.147 e. The van der Waals surface area contributed by atoms with Gasteiger partial charge in [0.25, 0.3) is 0 Å². The van der Waals surface area contributed by atoms with E-state index in [4.69, 9.17) is 5.11 Å². The van der Waals surface area contributed by atoms with Crippen LogP contribution in [0.2, 0.25) is 0 Å². The molecule has 102 valence electrons. The van der Waals surface area contributed by atoms with Crippen LogP contribution in [-0.2, 0) is 0 Å². The third kappa shape index (κ3) is 2.33. The van der Waals surface area contributed by atoms with Crippen molar-refractivity contribution in [3.8, 4) is 6.07 Å². The van der Waals surface area contributed by atoms with Crippen LogP contribution in [0, 0.1) is 17.2 Å². The molecule has 1 aliphatic rings. The molecule has 1 aliphatic heterocycles. The zero-order valence-electron chi connectivity index (χ0n) is 11.3. The van der Waals surface area contributed by atoms with Crippen molar-refractivity contribution in [2.24, 2.45) is 5.92 Å². The average Bonchev–Trinajstić information content (AvgIpc) is 2.94. The fourth-order valence-electron chi connectivity index (χ4n) is 2.87. The normalized spacial score (nSPS) is 18.4. The number of nitriles is 1. The van der Waals surface area contributed by atoms with Gasteiger partial charge >= 0.3 is 0 Å². The Kier molecular flexibility index (Phi) is 3.53. The maximum atomic E-state index is 9.35. The average molecular weight is 267 g/mol. The third-order valence-corrected chi connectivity index (χ3v) is 3.95. The molecule has 3 rings (SSSR count). The van der Waals surface area contributed by atoms with Gasteiger partial charge in [-0.2, -0.15) is 5.26 Å². The van der Waals surface area contributed by atoms with E-state index in [2.05, 4.69) is 16.0 Å². The molecule has 2 aromatic rings. The largest absolute Gasteiger partial charge is 0.396 e. The van der Waals surface area contributed by atoms with Crippen LogP contribution < -0.4 is 4.90 Å². The van der Waals surface area contributed by atoms with Crippen LogP contribution in [0.3, 0.4) is 0 Å². The zero-order chi connectivity index (χ0) is 13.9. The van der Waals surface area contributed by atoms with Crippen molar-refractivity contribution in [3.63, 3.8) is 0 Å². The number of aliphatic hydroxyl groups excluding tert-OH is 1. The maximum absolute atomic E-state index is 9.35. The SMILES string of the molecule is N#Cc1cc2ccccc2nc1N1CCC(CCO)C1. The smallest absolute Gasteiger partial charge is 0.147 e. The molecule has 1 atom stereocenters. The van der Waals surface area contributed by atoms with E-state index in [-0.39, 0.29) is 6.61 Å². The molecule has 0 spiro atoms. The molecule has 1 unspecified atom stereocenters. The summed E-state index contributed by atoms with van der Waals surface area (Å²) in [4.78, 5) is 6.84. The summed E-state index contributed by atoms with van der Waals surface area (Å²) in [5.41, 5.74) is 1.56.